The Morgan fingerprint density at radius 1 is 1.04 bits per heavy atom. The lowest BCUT2D eigenvalue weighted by Crippen LogP contribution is -2.16. The number of aromatic amines is 1. The number of aromatic nitrogens is 1. The molecule has 4 nitrogen and oxygen atoms in total. The lowest BCUT2D eigenvalue weighted by molar-refractivity contribution is -0.139. The van der Waals surface area contributed by atoms with E-state index in [1.807, 2.05) is 0 Å². The smallest absolute Gasteiger partial charge is 0.418 e. The van der Waals surface area contributed by atoms with Crippen molar-refractivity contribution in [1.82, 2.24) is 4.98 Å². The minimum Gasteiger partial charge on any atom is -0.481 e. The number of fused-ring (bicyclic) bond motifs is 1. The summed E-state index contributed by atoms with van der Waals surface area (Å²) in [6.07, 6.45) is -3.68. The number of benzene rings is 2. The molecule has 134 valence electrons. The van der Waals surface area contributed by atoms with E-state index in [0.29, 0.717) is 5.56 Å². The van der Waals surface area contributed by atoms with Gasteiger partial charge in [0.1, 0.15) is 0 Å². The number of carbonyl (C=O) groups is 2. The number of hydrogen-bond donors (Lipinski definition) is 2. The molecule has 1 aromatic heterocycles. The first-order chi connectivity index (χ1) is 12.3. The third kappa shape index (κ3) is 3.33. The number of rotatable bonds is 5. The third-order valence-electron chi connectivity index (χ3n) is 4.21. The Labute approximate surface area is 146 Å². The van der Waals surface area contributed by atoms with Crippen molar-refractivity contribution in [3.05, 3.63) is 71.4 Å². The molecule has 26 heavy (non-hydrogen) atoms. The fourth-order valence-electron chi connectivity index (χ4n) is 2.96. The average molecular weight is 361 g/mol. The molecular weight excluding hydrogens is 347 g/mol. The van der Waals surface area contributed by atoms with Gasteiger partial charge in [0.05, 0.1) is 17.0 Å². The maximum absolute atomic E-state index is 13.1. The number of halogens is 3. The van der Waals surface area contributed by atoms with Crippen LogP contribution in [0.15, 0.2) is 54.7 Å². The van der Waals surface area contributed by atoms with Crippen molar-refractivity contribution in [1.29, 1.82) is 0 Å². The average Bonchev–Trinajstić information content (AvgIpc) is 3.02. The lowest BCUT2D eigenvalue weighted by Gasteiger charge is -2.12. The fourth-order valence-corrected chi connectivity index (χ4v) is 2.96. The highest BCUT2D eigenvalue weighted by atomic mass is 19.4. The predicted molar refractivity (Wildman–Crippen MR) is 89.1 cm³/mol. The number of hydrogen-bond acceptors (Lipinski definition) is 2. The molecule has 0 saturated heterocycles. The summed E-state index contributed by atoms with van der Waals surface area (Å²) in [5.74, 6) is -2.91. The van der Waals surface area contributed by atoms with Crippen molar-refractivity contribution >= 4 is 22.7 Å². The second-order valence-corrected chi connectivity index (χ2v) is 5.85. The molecule has 0 aliphatic carbocycles. The SMILES string of the molecule is O=C(CC(C(=O)O)c1c[nH]c2c(C(F)(F)F)cccc12)c1ccccc1. The van der Waals surface area contributed by atoms with Crippen LogP contribution in [0.1, 0.15) is 33.8 Å². The molecule has 0 aliphatic heterocycles. The van der Waals surface area contributed by atoms with E-state index in [-0.39, 0.29) is 28.7 Å². The van der Waals surface area contributed by atoms with Gasteiger partial charge < -0.3 is 10.1 Å². The largest absolute Gasteiger partial charge is 0.481 e. The van der Waals surface area contributed by atoms with E-state index >= 15 is 0 Å². The summed E-state index contributed by atoms with van der Waals surface area (Å²) in [6.45, 7) is 0. The molecule has 0 spiro atoms. The predicted octanol–water partition coefficient (Wildman–Crippen LogP) is 4.63. The highest BCUT2D eigenvalue weighted by molar-refractivity contribution is 6.00. The summed E-state index contributed by atoms with van der Waals surface area (Å²) in [4.78, 5) is 26.6. The molecular formula is C19H14F3NO3. The fraction of sp³-hybridized carbons (Fsp3) is 0.158. The molecule has 3 aromatic rings. The number of para-hydroxylation sites is 1. The highest BCUT2D eigenvalue weighted by Gasteiger charge is 2.34. The van der Waals surface area contributed by atoms with Crippen molar-refractivity contribution in [2.24, 2.45) is 0 Å². The summed E-state index contributed by atoms with van der Waals surface area (Å²) in [5.41, 5.74) is -0.550. The lowest BCUT2D eigenvalue weighted by atomic mass is 9.91. The van der Waals surface area contributed by atoms with Crippen LogP contribution in [0.3, 0.4) is 0 Å². The standard InChI is InChI=1S/C19H14F3NO3/c20-19(21,22)15-8-4-7-12-14(10-23-17(12)15)13(18(25)26)9-16(24)11-5-2-1-3-6-11/h1-8,10,13,23H,9H2,(H,25,26). The Morgan fingerprint density at radius 3 is 2.35 bits per heavy atom. The van der Waals surface area contributed by atoms with Gasteiger partial charge in [-0.1, -0.05) is 42.5 Å². The minimum atomic E-state index is -4.57. The van der Waals surface area contributed by atoms with Gasteiger partial charge in [-0.2, -0.15) is 13.2 Å². The zero-order valence-electron chi connectivity index (χ0n) is 13.4. The zero-order chi connectivity index (χ0) is 18.9. The number of carbonyl (C=O) groups excluding carboxylic acids is 1. The Balaban J connectivity index is 2.02. The van der Waals surface area contributed by atoms with Crippen molar-refractivity contribution in [2.75, 3.05) is 0 Å². The zero-order valence-corrected chi connectivity index (χ0v) is 13.4. The van der Waals surface area contributed by atoms with Crippen LogP contribution >= 0.6 is 0 Å². The number of nitrogens with one attached hydrogen (secondary N) is 1. The van der Waals surface area contributed by atoms with E-state index in [0.717, 1.165) is 6.07 Å². The highest BCUT2D eigenvalue weighted by Crippen LogP contribution is 2.37. The van der Waals surface area contributed by atoms with Gasteiger partial charge in [0.15, 0.2) is 5.78 Å². The first kappa shape index (κ1) is 17.7. The van der Waals surface area contributed by atoms with Crippen LogP contribution in [0.25, 0.3) is 10.9 Å². The number of carboxylic acids is 1. The van der Waals surface area contributed by atoms with E-state index in [9.17, 15) is 27.9 Å². The van der Waals surface area contributed by atoms with Gasteiger partial charge in [-0.05, 0) is 11.6 Å². The van der Waals surface area contributed by atoms with Crippen LogP contribution in [0.4, 0.5) is 13.2 Å². The van der Waals surface area contributed by atoms with Crippen molar-refractivity contribution < 1.29 is 27.9 Å². The molecule has 1 unspecified atom stereocenters. The van der Waals surface area contributed by atoms with E-state index in [1.165, 1.54) is 18.3 Å². The molecule has 0 saturated carbocycles. The van der Waals surface area contributed by atoms with Gasteiger partial charge in [0, 0.05) is 23.6 Å². The van der Waals surface area contributed by atoms with Gasteiger partial charge in [0.25, 0.3) is 0 Å². The quantitative estimate of drug-likeness (QED) is 0.651. The summed E-state index contributed by atoms with van der Waals surface area (Å²) in [7, 11) is 0. The monoisotopic (exact) mass is 361 g/mol. The van der Waals surface area contributed by atoms with Crippen LogP contribution < -0.4 is 0 Å². The van der Waals surface area contributed by atoms with Gasteiger partial charge >= 0.3 is 12.1 Å². The van der Waals surface area contributed by atoms with E-state index < -0.39 is 23.6 Å². The number of H-pyrrole nitrogens is 1. The molecule has 0 aliphatic rings. The Morgan fingerprint density at radius 2 is 1.73 bits per heavy atom. The van der Waals surface area contributed by atoms with E-state index in [2.05, 4.69) is 4.98 Å². The van der Waals surface area contributed by atoms with Gasteiger partial charge in [0.2, 0.25) is 0 Å². The molecule has 2 aromatic carbocycles. The van der Waals surface area contributed by atoms with Crippen LogP contribution in [0.2, 0.25) is 0 Å². The second-order valence-electron chi connectivity index (χ2n) is 5.85. The van der Waals surface area contributed by atoms with Gasteiger partial charge in [-0.3, -0.25) is 9.59 Å². The molecule has 0 bridgehead atoms. The number of aliphatic carboxylic acids is 1. The molecule has 1 atom stereocenters. The maximum atomic E-state index is 13.1. The maximum Gasteiger partial charge on any atom is 0.418 e. The Hall–Kier alpha value is -3.09. The first-order valence-electron chi connectivity index (χ1n) is 7.77. The van der Waals surface area contributed by atoms with Gasteiger partial charge in [-0.25, -0.2) is 0 Å². The molecule has 0 fully saturated rings. The topological polar surface area (TPSA) is 70.2 Å². The van der Waals surface area contributed by atoms with Crippen LogP contribution in [-0.2, 0) is 11.0 Å². The molecule has 7 heteroatoms. The van der Waals surface area contributed by atoms with E-state index in [1.54, 1.807) is 30.3 Å². The second kappa shape index (κ2) is 6.67. The summed E-state index contributed by atoms with van der Waals surface area (Å²) >= 11 is 0. The first-order valence-corrected chi connectivity index (χ1v) is 7.77. The molecule has 0 radical (unpaired) electrons. The summed E-state index contributed by atoms with van der Waals surface area (Å²) in [5, 5.41) is 9.69. The molecule has 3 rings (SSSR count). The van der Waals surface area contributed by atoms with Crippen LogP contribution in [-0.4, -0.2) is 21.8 Å². The van der Waals surface area contributed by atoms with E-state index in [4.69, 9.17) is 0 Å². The van der Waals surface area contributed by atoms with Gasteiger partial charge in [-0.15, -0.1) is 0 Å². The number of ketones is 1. The van der Waals surface area contributed by atoms with Crippen molar-refractivity contribution in [3.63, 3.8) is 0 Å². The molecule has 1 heterocycles. The van der Waals surface area contributed by atoms with Crippen LogP contribution in [0, 0.1) is 0 Å². The Bertz CT molecular complexity index is 961. The van der Waals surface area contributed by atoms with Crippen molar-refractivity contribution in [3.8, 4) is 0 Å². The molecule has 2 N–H and O–H groups in total. The van der Waals surface area contributed by atoms with Crippen molar-refractivity contribution in [2.45, 2.75) is 18.5 Å². The number of carboxylic acid groups (broad SMARTS) is 1. The minimum absolute atomic E-state index is 0.146. The summed E-state index contributed by atoms with van der Waals surface area (Å²) < 4.78 is 39.4. The molecule has 0 amide bonds. The number of alkyl halides is 3. The summed E-state index contributed by atoms with van der Waals surface area (Å²) in [6, 6.07) is 11.7. The Kier molecular flexibility index (Phi) is 4.54. The third-order valence-corrected chi connectivity index (χ3v) is 4.21. The van der Waals surface area contributed by atoms with Crippen LogP contribution in [0.5, 0.6) is 0 Å². The number of Topliss-reactive ketones (excluding diaryl/α,β-unsaturated/α-hetero) is 1. The normalized spacial score (nSPS) is 12.9.